The Labute approximate surface area is 78.1 Å². The van der Waals surface area contributed by atoms with Gasteiger partial charge in [-0.3, -0.25) is 0 Å². The third kappa shape index (κ3) is 4.12. The maximum absolute atomic E-state index is 3.36. The molecule has 1 saturated carbocycles. The highest BCUT2D eigenvalue weighted by Gasteiger charge is 2.11. The molecule has 0 radical (unpaired) electrons. The van der Waals surface area contributed by atoms with Gasteiger partial charge in [0.05, 0.1) is 5.45 Å². The molecular formula is C9H18BrN. The van der Waals surface area contributed by atoms with E-state index in [2.05, 4.69) is 21.2 Å². The Balaban J connectivity index is 1.96. The molecule has 1 nitrogen and oxygen atoms in total. The standard InChI is InChI=1S/C9H18BrN/c10-8-11-7-6-9-4-2-1-3-5-9/h9,11H,1-8H2. The molecule has 0 heterocycles. The van der Waals surface area contributed by atoms with Gasteiger partial charge < -0.3 is 5.32 Å². The molecule has 0 aromatic rings. The van der Waals surface area contributed by atoms with Crippen molar-refractivity contribution in [2.75, 3.05) is 12.0 Å². The first kappa shape index (κ1) is 9.53. The molecular weight excluding hydrogens is 202 g/mol. The van der Waals surface area contributed by atoms with Crippen LogP contribution in [0.5, 0.6) is 0 Å². The Morgan fingerprint density at radius 1 is 1.18 bits per heavy atom. The molecule has 0 aliphatic heterocycles. The van der Waals surface area contributed by atoms with E-state index < -0.39 is 0 Å². The van der Waals surface area contributed by atoms with Crippen LogP contribution in [-0.4, -0.2) is 12.0 Å². The Morgan fingerprint density at radius 3 is 2.55 bits per heavy atom. The third-order valence-corrected chi connectivity index (χ3v) is 2.95. The molecule has 1 N–H and O–H groups in total. The number of hydrogen-bond donors (Lipinski definition) is 1. The minimum Gasteiger partial charge on any atom is -0.307 e. The van der Waals surface area contributed by atoms with Crippen molar-refractivity contribution in [3.8, 4) is 0 Å². The second kappa shape index (κ2) is 6.01. The molecule has 11 heavy (non-hydrogen) atoms. The van der Waals surface area contributed by atoms with Crippen molar-refractivity contribution in [2.45, 2.75) is 38.5 Å². The van der Waals surface area contributed by atoms with Crippen LogP contribution < -0.4 is 5.32 Å². The summed E-state index contributed by atoms with van der Waals surface area (Å²) in [5, 5.41) is 3.31. The van der Waals surface area contributed by atoms with E-state index in [1.807, 2.05) is 0 Å². The summed E-state index contributed by atoms with van der Waals surface area (Å²) in [6.45, 7) is 1.19. The molecule has 1 aliphatic rings. The fraction of sp³-hybridized carbons (Fsp3) is 1.00. The molecule has 0 unspecified atom stereocenters. The first-order chi connectivity index (χ1) is 5.43. The fourth-order valence-electron chi connectivity index (χ4n) is 1.85. The molecule has 0 amide bonds. The summed E-state index contributed by atoms with van der Waals surface area (Å²) in [5.41, 5.74) is 0.944. The van der Waals surface area contributed by atoms with Crippen LogP contribution in [0.2, 0.25) is 0 Å². The second-order valence-corrected chi connectivity index (χ2v) is 3.99. The van der Waals surface area contributed by atoms with Crippen LogP contribution in [0.25, 0.3) is 0 Å². The molecule has 0 atom stereocenters. The normalized spacial score (nSPS) is 20.5. The number of halogens is 1. The van der Waals surface area contributed by atoms with Gasteiger partial charge in [-0.2, -0.15) is 0 Å². The van der Waals surface area contributed by atoms with Crippen LogP contribution in [0.15, 0.2) is 0 Å². The van der Waals surface area contributed by atoms with Crippen molar-refractivity contribution in [1.29, 1.82) is 0 Å². The summed E-state index contributed by atoms with van der Waals surface area (Å²) >= 11 is 3.36. The molecule has 2 heteroatoms. The smallest absolute Gasteiger partial charge is 0.0517 e. The molecule has 0 saturated heterocycles. The summed E-state index contributed by atoms with van der Waals surface area (Å²) in [7, 11) is 0. The van der Waals surface area contributed by atoms with Crippen LogP contribution >= 0.6 is 15.9 Å². The molecule has 1 rings (SSSR count). The van der Waals surface area contributed by atoms with Gasteiger partial charge in [0.1, 0.15) is 0 Å². The van der Waals surface area contributed by atoms with Crippen molar-refractivity contribution < 1.29 is 0 Å². The zero-order valence-corrected chi connectivity index (χ0v) is 8.70. The van der Waals surface area contributed by atoms with Gasteiger partial charge in [-0.25, -0.2) is 0 Å². The average molecular weight is 220 g/mol. The van der Waals surface area contributed by atoms with Crippen LogP contribution in [0.1, 0.15) is 38.5 Å². The summed E-state index contributed by atoms with van der Waals surface area (Å²) < 4.78 is 0. The van der Waals surface area contributed by atoms with E-state index in [4.69, 9.17) is 0 Å². The van der Waals surface area contributed by atoms with E-state index in [0.717, 1.165) is 11.4 Å². The van der Waals surface area contributed by atoms with Gasteiger partial charge in [0.25, 0.3) is 0 Å². The van der Waals surface area contributed by atoms with E-state index in [0.29, 0.717) is 0 Å². The third-order valence-electron chi connectivity index (χ3n) is 2.55. The molecule has 0 aromatic heterocycles. The second-order valence-electron chi connectivity index (χ2n) is 3.43. The lowest BCUT2D eigenvalue weighted by molar-refractivity contribution is 0.336. The maximum Gasteiger partial charge on any atom is 0.0517 e. The zero-order chi connectivity index (χ0) is 7.94. The summed E-state index contributed by atoms with van der Waals surface area (Å²) in [5.74, 6) is 1.02. The monoisotopic (exact) mass is 219 g/mol. The quantitative estimate of drug-likeness (QED) is 0.436. The molecule has 0 spiro atoms. The molecule has 1 fully saturated rings. The lowest BCUT2D eigenvalue weighted by Gasteiger charge is -2.21. The van der Waals surface area contributed by atoms with Crippen LogP contribution in [0.4, 0.5) is 0 Å². The Kier molecular flexibility index (Phi) is 5.21. The summed E-state index contributed by atoms with van der Waals surface area (Å²) in [4.78, 5) is 0. The first-order valence-corrected chi connectivity index (χ1v) is 5.82. The number of nitrogens with one attached hydrogen (secondary N) is 1. The highest BCUT2D eigenvalue weighted by molar-refractivity contribution is 9.09. The van der Waals surface area contributed by atoms with Crippen molar-refractivity contribution in [2.24, 2.45) is 5.92 Å². The summed E-state index contributed by atoms with van der Waals surface area (Å²) in [6.07, 6.45) is 8.75. The zero-order valence-electron chi connectivity index (χ0n) is 7.11. The largest absolute Gasteiger partial charge is 0.307 e. The predicted molar refractivity (Wildman–Crippen MR) is 53.0 cm³/mol. The van der Waals surface area contributed by atoms with Crippen molar-refractivity contribution >= 4 is 15.9 Å². The lowest BCUT2D eigenvalue weighted by Crippen LogP contribution is -2.17. The Morgan fingerprint density at radius 2 is 1.91 bits per heavy atom. The van der Waals surface area contributed by atoms with E-state index in [1.54, 1.807) is 0 Å². The van der Waals surface area contributed by atoms with Gasteiger partial charge in [-0.1, -0.05) is 48.0 Å². The highest BCUT2D eigenvalue weighted by Crippen LogP contribution is 2.25. The van der Waals surface area contributed by atoms with Crippen molar-refractivity contribution in [3.05, 3.63) is 0 Å². The Hall–Kier alpha value is 0.440. The molecule has 66 valence electrons. The van der Waals surface area contributed by atoms with Crippen LogP contribution in [0.3, 0.4) is 0 Å². The van der Waals surface area contributed by atoms with Crippen LogP contribution in [-0.2, 0) is 0 Å². The first-order valence-electron chi connectivity index (χ1n) is 4.70. The van der Waals surface area contributed by atoms with Gasteiger partial charge in [0, 0.05) is 0 Å². The van der Waals surface area contributed by atoms with Crippen LogP contribution in [0, 0.1) is 5.92 Å². The average Bonchev–Trinajstić information content (AvgIpc) is 2.07. The van der Waals surface area contributed by atoms with E-state index >= 15 is 0 Å². The molecule has 1 aliphatic carbocycles. The van der Waals surface area contributed by atoms with Crippen molar-refractivity contribution in [3.63, 3.8) is 0 Å². The Bertz CT molecular complexity index is 89.6. The summed E-state index contributed by atoms with van der Waals surface area (Å²) in [6, 6.07) is 0. The maximum atomic E-state index is 3.36. The molecule has 0 bridgehead atoms. The van der Waals surface area contributed by atoms with E-state index in [1.165, 1.54) is 45.1 Å². The number of rotatable bonds is 4. The van der Waals surface area contributed by atoms with E-state index in [9.17, 15) is 0 Å². The van der Waals surface area contributed by atoms with Crippen molar-refractivity contribution in [1.82, 2.24) is 5.32 Å². The number of alkyl halides is 1. The van der Waals surface area contributed by atoms with E-state index in [-0.39, 0.29) is 0 Å². The van der Waals surface area contributed by atoms with Gasteiger partial charge in [-0.05, 0) is 18.9 Å². The number of hydrogen-bond acceptors (Lipinski definition) is 1. The fourth-order valence-corrected chi connectivity index (χ4v) is 2.13. The van der Waals surface area contributed by atoms with Gasteiger partial charge in [0.15, 0.2) is 0 Å². The van der Waals surface area contributed by atoms with Gasteiger partial charge >= 0.3 is 0 Å². The highest BCUT2D eigenvalue weighted by atomic mass is 79.9. The van der Waals surface area contributed by atoms with Gasteiger partial charge in [-0.15, -0.1) is 0 Å². The predicted octanol–water partition coefficient (Wildman–Crippen LogP) is 2.90. The minimum atomic E-state index is 0.944. The SMILES string of the molecule is BrCNCCC1CCCCC1. The minimum absolute atomic E-state index is 0.944. The molecule has 0 aromatic carbocycles. The van der Waals surface area contributed by atoms with Gasteiger partial charge in [0.2, 0.25) is 0 Å². The topological polar surface area (TPSA) is 12.0 Å². The lowest BCUT2D eigenvalue weighted by atomic mass is 9.87.